The Hall–Kier alpha value is -4.25. The van der Waals surface area contributed by atoms with Crippen LogP contribution in [0, 0.1) is 6.92 Å². The van der Waals surface area contributed by atoms with E-state index < -0.39 is 28.5 Å². The highest BCUT2D eigenvalue weighted by Gasteiger charge is 2.33. The number of aryl methyl sites for hydroxylation is 1. The van der Waals surface area contributed by atoms with Crippen LogP contribution in [-0.2, 0) is 26.2 Å². The predicted octanol–water partition coefficient (Wildman–Crippen LogP) is 3.77. The summed E-state index contributed by atoms with van der Waals surface area (Å²) in [5.41, 5.74) is 1.81. The number of ether oxygens (including phenoxy) is 3. The van der Waals surface area contributed by atoms with E-state index in [4.69, 9.17) is 14.2 Å². The van der Waals surface area contributed by atoms with Crippen molar-refractivity contribution in [2.75, 3.05) is 39.2 Å². The first-order valence-corrected chi connectivity index (χ1v) is 14.5. The topological polar surface area (TPSA) is 114 Å². The number of carbonyl (C=O) groups excluding carboxylic acids is 2. The molecule has 1 unspecified atom stereocenters. The lowest BCUT2D eigenvalue weighted by atomic mass is 10.1. The van der Waals surface area contributed by atoms with Crippen molar-refractivity contribution in [1.82, 2.24) is 10.2 Å². The van der Waals surface area contributed by atoms with Crippen LogP contribution >= 0.6 is 0 Å². The van der Waals surface area contributed by atoms with Crippen molar-refractivity contribution < 1.29 is 32.2 Å². The lowest BCUT2D eigenvalue weighted by Gasteiger charge is -2.33. The number of rotatable bonds is 13. The Morgan fingerprint density at radius 2 is 1.59 bits per heavy atom. The average molecular weight is 584 g/mol. The summed E-state index contributed by atoms with van der Waals surface area (Å²) in [6.07, 6.45) is 0.316. The van der Waals surface area contributed by atoms with E-state index >= 15 is 0 Å². The zero-order valence-corrected chi connectivity index (χ0v) is 25.0. The highest BCUT2D eigenvalue weighted by Crippen LogP contribution is 2.34. The van der Waals surface area contributed by atoms with Gasteiger partial charge in [0.25, 0.3) is 10.0 Å². The molecule has 0 heterocycles. The normalized spacial score (nSPS) is 11.8. The third-order valence-corrected chi connectivity index (χ3v) is 8.45. The van der Waals surface area contributed by atoms with E-state index in [2.05, 4.69) is 5.32 Å². The third kappa shape index (κ3) is 7.29. The van der Waals surface area contributed by atoms with Crippen molar-refractivity contribution in [3.8, 4) is 17.2 Å². The standard InChI is InChI=1S/C30H37N3O7S/c1-7-26(30(35)31-3)32(19-22-9-8-10-24(17-22)38-4)29(34)20-33(23-13-16-27(39-5)28(18-23)40-6)41(36,37)25-14-11-21(2)12-15-25/h8-18,26H,7,19-20H2,1-6H3,(H,31,35). The van der Waals surface area contributed by atoms with Crippen molar-refractivity contribution in [3.63, 3.8) is 0 Å². The smallest absolute Gasteiger partial charge is 0.264 e. The van der Waals surface area contributed by atoms with Crippen LogP contribution in [0.25, 0.3) is 0 Å². The number of sulfonamides is 1. The number of methoxy groups -OCH3 is 3. The van der Waals surface area contributed by atoms with E-state index in [0.717, 1.165) is 15.4 Å². The van der Waals surface area contributed by atoms with E-state index in [1.54, 1.807) is 56.5 Å². The second-order valence-electron chi connectivity index (χ2n) is 9.28. The van der Waals surface area contributed by atoms with E-state index in [-0.39, 0.29) is 23.0 Å². The molecule has 1 N–H and O–H groups in total. The maximum atomic E-state index is 14.1. The largest absolute Gasteiger partial charge is 0.497 e. The van der Waals surface area contributed by atoms with Gasteiger partial charge in [0.1, 0.15) is 18.3 Å². The third-order valence-electron chi connectivity index (χ3n) is 6.66. The molecule has 220 valence electrons. The molecule has 11 heteroatoms. The number of likely N-dealkylation sites (N-methyl/N-ethyl adjacent to an activating group) is 1. The summed E-state index contributed by atoms with van der Waals surface area (Å²) in [6, 6.07) is 17.3. The van der Waals surface area contributed by atoms with Crippen molar-refractivity contribution in [3.05, 3.63) is 77.9 Å². The van der Waals surface area contributed by atoms with E-state index in [0.29, 0.717) is 23.7 Å². The van der Waals surface area contributed by atoms with Gasteiger partial charge in [0.05, 0.1) is 31.9 Å². The Labute approximate surface area is 241 Å². The lowest BCUT2D eigenvalue weighted by molar-refractivity contribution is -0.140. The minimum atomic E-state index is -4.22. The zero-order valence-electron chi connectivity index (χ0n) is 24.2. The summed E-state index contributed by atoms with van der Waals surface area (Å²) < 4.78 is 45.1. The summed E-state index contributed by atoms with van der Waals surface area (Å²) in [5, 5.41) is 2.61. The molecule has 0 radical (unpaired) electrons. The molecule has 41 heavy (non-hydrogen) atoms. The maximum Gasteiger partial charge on any atom is 0.264 e. The molecule has 3 aromatic carbocycles. The van der Waals surface area contributed by atoms with Crippen LogP contribution in [0.15, 0.2) is 71.6 Å². The molecule has 0 saturated heterocycles. The SMILES string of the molecule is CCC(C(=O)NC)N(Cc1cccc(OC)c1)C(=O)CN(c1ccc(OC)c(OC)c1)S(=O)(=O)c1ccc(C)cc1. The molecular weight excluding hydrogens is 546 g/mol. The van der Waals surface area contributed by atoms with Crippen molar-refractivity contribution in [2.45, 2.75) is 37.8 Å². The minimum Gasteiger partial charge on any atom is -0.497 e. The number of nitrogens with zero attached hydrogens (tertiary/aromatic N) is 2. The van der Waals surface area contributed by atoms with Gasteiger partial charge in [-0.3, -0.25) is 13.9 Å². The van der Waals surface area contributed by atoms with Crippen LogP contribution in [0.4, 0.5) is 5.69 Å². The van der Waals surface area contributed by atoms with Crippen LogP contribution in [0.3, 0.4) is 0 Å². The Balaban J connectivity index is 2.12. The number of hydrogen-bond acceptors (Lipinski definition) is 7. The number of amides is 2. The van der Waals surface area contributed by atoms with Gasteiger partial charge >= 0.3 is 0 Å². The summed E-state index contributed by atoms with van der Waals surface area (Å²) in [5.74, 6) is 0.375. The molecule has 3 aromatic rings. The fourth-order valence-corrected chi connectivity index (χ4v) is 5.81. The number of hydrogen-bond donors (Lipinski definition) is 1. The van der Waals surface area contributed by atoms with E-state index in [9.17, 15) is 18.0 Å². The summed E-state index contributed by atoms with van der Waals surface area (Å²) in [7, 11) is 1.74. The van der Waals surface area contributed by atoms with Crippen LogP contribution in [-0.4, -0.2) is 66.1 Å². The summed E-state index contributed by atoms with van der Waals surface area (Å²) in [4.78, 5) is 28.4. The second-order valence-corrected chi connectivity index (χ2v) is 11.1. The fourth-order valence-electron chi connectivity index (χ4n) is 4.40. The van der Waals surface area contributed by atoms with Crippen LogP contribution in [0.5, 0.6) is 17.2 Å². The van der Waals surface area contributed by atoms with Gasteiger partial charge in [-0.15, -0.1) is 0 Å². The first-order valence-electron chi connectivity index (χ1n) is 13.0. The molecule has 0 spiro atoms. The number of benzene rings is 3. The molecule has 0 saturated carbocycles. The Morgan fingerprint density at radius 1 is 0.902 bits per heavy atom. The van der Waals surface area contributed by atoms with Gasteiger partial charge in [0.2, 0.25) is 11.8 Å². The molecule has 10 nitrogen and oxygen atoms in total. The van der Waals surface area contributed by atoms with Crippen molar-refractivity contribution in [1.29, 1.82) is 0 Å². The van der Waals surface area contributed by atoms with Gasteiger partial charge in [-0.2, -0.15) is 0 Å². The average Bonchev–Trinajstić information content (AvgIpc) is 2.99. The number of nitrogens with one attached hydrogen (secondary N) is 1. The molecule has 0 bridgehead atoms. The van der Waals surface area contributed by atoms with Crippen molar-refractivity contribution >= 4 is 27.5 Å². The molecule has 0 aliphatic rings. The quantitative estimate of drug-likeness (QED) is 0.326. The maximum absolute atomic E-state index is 14.1. The van der Waals surface area contributed by atoms with Gasteiger partial charge in [-0.25, -0.2) is 8.42 Å². The molecule has 3 rings (SSSR count). The Morgan fingerprint density at radius 3 is 2.17 bits per heavy atom. The first-order chi connectivity index (χ1) is 19.6. The Bertz CT molecular complexity index is 1460. The van der Waals surface area contributed by atoms with Crippen LogP contribution < -0.4 is 23.8 Å². The van der Waals surface area contributed by atoms with Crippen molar-refractivity contribution in [2.24, 2.45) is 0 Å². The summed E-state index contributed by atoms with van der Waals surface area (Å²) >= 11 is 0. The molecule has 0 aromatic heterocycles. The van der Waals surface area contributed by atoms with Crippen LogP contribution in [0.1, 0.15) is 24.5 Å². The number of carbonyl (C=O) groups is 2. The van der Waals surface area contributed by atoms with Gasteiger partial charge in [-0.05, 0) is 55.3 Å². The highest BCUT2D eigenvalue weighted by molar-refractivity contribution is 7.92. The second kappa shape index (κ2) is 13.9. The van der Waals surface area contributed by atoms with E-state index in [1.807, 2.05) is 13.0 Å². The van der Waals surface area contributed by atoms with Gasteiger partial charge < -0.3 is 24.4 Å². The lowest BCUT2D eigenvalue weighted by Crippen LogP contribution is -2.51. The highest BCUT2D eigenvalue weighted by atomic mass is 32.2. The van der Waals surface area contributed by atoms with Crippen LogP contribution in [0.2, 0.25) is 0 Å². The van der Waals surface area contributed by atoms with E-state index in [1.165, 1.54) is 44.4 Å². The molecule has 0 aliphatic carbocycles. The fraction of sp³-hybridized carbons (Fsp3) is 0.333. The summed E-state index contributed by atoms with van der Waals surface area (Å²) in [6.45, 7) is 3.14. The number of anilines is 1. The molecule has 0 aliphatic heterocycles. The zero-order chi connectivity index (χ0) is 30.2. The van der Waals surface area contributed by atoms with Gasteiger partial charge in [0.15, 0.2) is 11.5 Å². The Kier molecular flexibility index (Phi) is 10.6. The molecule has 2 amide bonds. The van der Waals surface area contributed by atoms with Gasteiger partial charge in [-0.1, -0.05) is 36.8 Å². The molecular formula is C30H37N3O7S. The first kappa shape index (κ1) is 31.3. The van der Waals surface area contributed by atoms with Gasteiger partial charge in [0, 0.05) is 19.7 Å². The molecule has 1 atom stereocenters. The predicted molar refractivity (Wildman–Crippen MR) is 157 cm³/mol. The monoisotopic (exact) mass is 583 g/mol. The molecule has 0 fully saturated rings. The minimum absolute atomic E-state index is 0.0170.